The average Bonchev–Trinajstić information content (AvgIpc) is 3.41. The van der Waals surface area contributed by atoms with Gasteiger partial charge < -0.3 is 15.4 Å². The van der Waals surface area contributed by atoms with Crippen LogP contribution < -0.4 is 15.4 Å². The van der Waals surface area contributed by atoms with Gasteiger partial charge in [0, 0.05) is 37.9 Å². The Morgan fingerprint density at radius 3 is 2.79 bits per heavy atom. The number of halogens is 4. The van der Waals surface area contributed by atoms with Gasteiger partial charge in [-0.25, -0.2) is 4.98 Å². The van der Waals surface area contributed by atoms with Crippen molar-refractivity contribution in [2.45, 2.75) is 50.5 Å². The first-order valence-electron chi connectivity index (χ1n) is 9.36. The molecule has 1 saturated carbocycles. The number of rotatable bonds is 6. The predicted molar refractivity (Wildman–Crippen MR) is 102 cm³/mol. The van der Waals surface area contributed by atoms with Crippen molar-refractivity contribution in [3.63, 3.8) is 0 Å². The Morgan fingerprint density at radius 2 is 2.18 bits per heavy atom. The zero-order valence-corrected chi connectivity index (χ0v) is 16.6. The molecule has 0 spiro atoms. The van der Waals surface area contributed by atoms with Crippen LogP contribution >= 0.6 is 11.6 Å². The van der Waals surface area contributed by atoms with Gasteiger partial charge in [0.2, 0.25) is 5.88 Å². The lowest BCUT2D eigenvalue weighted by Gasteiger charge is -2.20. The van der Waals surface area contributed by atoms with Crippen LogP contribution in [0.15, 0.2) is 17.3 Å². The number of ether oxygens (including phenoxy) is 1. The molecule has 1 aliphatic carbocycles. The van der Waals surface area contributed by atoms with E-state index in [0.29, 0.717) is 30.8 Å². The van der Waals surface area contributed by atoms with Gasteiger partial charge in [-0.05, 0) is 32.3 Å². The molecule has 2 N–H and O–H groups in total. The highest BCUT2D eigenvalue weighted by atomic mass is 35.5. The third-order valence-electron chi connectivity index (χ3n) is 4.97. The van der Waals surface area contributed by atoms with Crippen LogP contribution in [0.2, 0.25) is 5.02 Å². The highest BCUT2D eigenvalue weighted by Crippen LogP contribution is 2.34. The number of guanidine groups is 1. The molecule has 1 aromatic heterocycles. The monoisotopic (exact) mass is 419 g/mol. The predicted octanol–water partition coefficient (Wildman–Crippen LogP) is 2.92. The number of likely N-dealkylation sites (tertiary alicyclic amines) is 1. The highest BCUT2D eigenvalue weighted by molar-refractivity contribution is 6.31. The van der Waals surface area contributed by atoms with Gasteiger partial charge in [0.25, 0.3) is 0 Å². The molecule has 10 heteroatoms. The maximum atomic E-state index is 12.6. The number of nitrogens with one attached hydrogen (secondary N) is 2. The zero-order chi connectivity index (χ0) is 20.3. The number of hydrogen-bond donors (Lipinski definition) is 2. The van der Waals surface area contributed by atoms with Gasteiger partial charge in [-0.1, -0.05) is 11.6 Å². The summed E-state index contributed by atoms with van der Waals surface area (Å²) in [4.78, 5) is 10.4. The molecule has 0 aromatic carbocycles. The SMILES string of the molecule is CN=C(NCCOc1ncc(C(F)(F)F)cc1Cl)NC1CC(C)N(C2CC2)C1. The van der Waals surface area contributed by atoms with Crippen molar-refractivity contribution in [2.75, 3.05) is 26.7 Å². The third-order valence-corrected chi connectivity index (χ3v) is 5.24. The first kappa shape index (κ1) is 21.0. The lowest BCUT2D eigenvalue weighted by molar-refractivity contribution is -0.137. The number of aliphatic imine (C=N–C) groups is 1. The van der Waals surface area contributed by atoms with Crippen LogP contribution in [-0.2, 0) is 6.18 Å². The highest BCUT2D eigenvalue weighted by Gasteiger charge is 2.38. The van der Waals surface area contributed by atoms with E-state index in [1.807, 2.05) is 0 Å². The van der Waals surface area contributed by atoms with Crippen LogP contribution in [0.5, 0.6) is 5.88 Å². The Kier molecular flexibility index (Phi) is 6.54. The molecule has 156 valence electrons. The van der Waals surface area contributed by atoms with Crippen molar-refractivity contribution in [2.24, 2.45) is 4.99 Å². The number of aromatic nitrogens is 1. The van der Waals surface area contributed by atoms with E-state index < -0.39 is 11.7 Å². The van der Waals surface area contributed by atoms with E-state index in [-0.39, 0.29) is 17.5 Å². The van der Waals surface area contributed by atoms with Crippen molar-refractivity contribution in [3.8, 4) is 5.88 Å². The fourth-order valence-corrected chi connectivity index (χ4v) is 3.69. The normalized spacial score (nSPS) is 23.7. The summed E-state index contributed by atoms with van der Waals surface area (Å²) in [5, 5.41) is 6.39. The van der Waals surface area contributed by atoms with E-state index in [0.717, 1.165) is 25.1 Å². The fraction of sp³-hybridized carbons (Fsp3) is 0.667. The molecule has 1 aliphatic heterocycles. The van der Waals surface area contributed by atoms with Crippen LogP contribution in [0.25, 0.3) is 0 Å². The first-order valence-corrected chi connectivity index (χ1v) is 9.74. The maximum absolute atomic E-state index is 12.6. The van der Waals surface area contributed by atoms with E-state index in [4.69, 9.17) is 16.3 Å². The van der Waals surface area contributed by atoms with E-state index >= 15 is 0 Å². The van der Waals surface area contributed by atoms with E-state index in [1.165, 1.54) is 12.8 Å². The molecule has 2 atom stereocenters. The average molecular weight is 420 g/mol. The Bertz CT molecular complexity index is 711. The second kappa shape index (κ2) is 8.73. The molecule has 28 heavy (non-hydrogen) atoms. The van der Waals surface area contributed by atoms with Gasteiger partial charge in [0.1, 0.15) is 11.6 Å². The zero-order valence-electron chi connectivity index (χ0n) is 15.9. The van der Waals surface area contributed by atoms with Crippen molar-refractivity contribution >= 4 is 17.6 Å². The molecule has 0 bridgehead atoms. The third kappa shape index (κ3) is 5.41. The van der Waals surface area contributed by atoms with Gasteiger partial charge >= 0.3 is 6.18 Å². The van der Waals surface area contributed by atoms with Gasteiger partial charge in [0.05, 0.1) is 12.1 Å². The molecule has 3 rings (SSSR count). The van der Waals surface area contributed by atoms with Crippen LogP contribution in [0.4, 0.5) is 13.2 Å². The summed E-state index contributed by atoms with van der Waals surface area (Å²) in [6, 6.07) is 2.46. The molecule has 0 radical (unpaired) electrons. The Morgan fingerprint density at radius 1 is 1.43 bits per heavy atom. The number of pyridine rings is 1. The standard InChI is InChI=1S/C18H25ClF3N5O/c1-11-7-13(10-27(11)14-3-4-14)26-17(23-2)24-5-6-28-16-15(19)8-12(9-25-16)18(20,21)22/h8-9,11,13-14H,3-7,10H2,1-2H3,(H2,23,24,26). The molecule has 2 fully saturated rings. The molecule has 2 aliphatic rings. The van der Waals surface area contributed by atoms with Crippen LogP contribution in [0.3, 0.4) is 0 Å². The van der Waals surface area contributed by atoms with Crippen molar-refractivity contribution < 1.29 is 17.9 Å². The summed E-state index contributed by atoms with van der Waals surface area (Å²) in [6.45, 7) is 3.86. The van der Waals surface area contributed by atoms with Gasteiger partial charge in [-0.15, -0.1) is 0 Å². The maximum Gasteiger partial charge on any atom is 0.417 e. The van der Waals surface area contributed by atoms with Crippen LogP contribution in [-0.4, -0.2) is 60.7 Å². The quantitative estimate of drug-likeness (QED) is 0.422. The van der Waals surface area contributed by atoms with E-state index in [2.05, 4.69) is 32.4 Å². The fourth-order valence-electron chi connectivity index (χ4n) is 3.47. The first-order chi connectivity index (χ1) is 13.3. The topological polar surface area (TPSA) is 61.8 Å². The van der Waals surface area contributed by atoms with E-state index in [9.17, 15) is 13.2 Å². The smallest absolute Gasteiger partial charge is 0.417 e. The van der Waals surface area contributed by atoms with Crippen LogP contribution in [0, 0.1) is 0 Å². The van der Waals surface area contributed by atoms with Crippen molar-refractivity contribution in [1.29, 1.82) is 0 Å². The molecule has 2 heterocycles. The van der Waals surface area contributed by atoms with Gasteiger partial charge in [0.15, 0.2) is 5.96 Å². The second-order valence-electron chi connectivity index (χ2n) is 7.21. The summed E-state index contributed by atoms with van der Waals surface area (Å²) in [5.41, 5.74) is -0.904. The summed E-state index contributed by atoms with van der Waals surface area (Å²) in [7, 11) is 1.70. The van der Waals surface area contributed by atoms with Crippen LogP contribution in [0.1, 0.15) is 31.7 Å². The van der Waals surface area contributed by atoms with E-state index in [1.54, 1.807) is 7.05 Å². The molecule has 1 aromatic rings. The molecular formula is C18H25ClF3N5O. The van der Waals surface area contributed by atoms with Crippen molar-refractivity contribution in [3.05, 3.63) is 22.8 Å². The molecule has 0 amide bonds. The van der Waals surface area contributed by atoms with Gasteiger partial charge in [-0.2, -0.15) is 13.2 Å². The minimum absolute atomic E-state index is 0.0240. The largest absolute Gasteiger partial charge is 0.475 e. The molecule has 2 unspecified atom stereocenters. The summed E-state index contributed by atoms with van der Waals surface area (Å²) in [5.74, 6) is 0.647. The summed E-state index contributed by atoms with van der Waals surface area (Å²) in [6.07, 6.45) is -0.119. The Labute approximate surface area is 167 Å². The second-order valence-corrected chi connectivity index (χ2v) is 7.62. The Hall–Kier alpha value is -1.74. The number of hydrogen-bond acceptors (Lipinski definition) is 4. The summed E-state index contributed by atoms with van der Waals surface area (Å²) < 4.78 is 43.3. The lowest BCUT2D eigenvalue weighted by atomic mass is 10.2. The molecular weight excluding hydrogens is 395 g/mol. The minimum atomic E-state index is -4.48. The van der Waals surface area contributed by atoms with Crippen molar-refractivity contribution in [1.82, 2.24) is 20.5 Å². The lowest BCUT2D eigenvalue weighted by Crippen LogP contribution is -2.45. The molecule has 6 nitrogen and oxygen atoms in total. The number of alkyl halides is 3. The molecule has 1 saturated heterocycles. The summed E-state index contributed by atoms with van der Waals surface area (Å²) >= 11 is 5.83. The minimum Gasteiger partial charge on any atom is -0.475 e. The van der Waals surface area contributed by atoms with Gasteiger partial charge in [-0.3, -0.25) is 9.89 Å². The number of nitrogens with zero attached hydrogens (tertiary/aromatic N) is 3. The Balaban J connectivity index is 1.41.